The van der Waals surface area contributed by atoms with Crippen LogP contribution in [-0.2, 0) is 6.42 Å². The molecule has 1 unspecified atom stereocenters. The van der Waals surface area contributed by atoms with Gasteiger partial charge < -0.3 is 5.32 Å². The quantitative estimate of drug-likeness (QED) is 0.842. The molecule has 1 N–H and O–H groups in total. The predicted molar refractivity (Wildman–Crippen MR) is 76.6 cm³/mol. The lowest BCUT2D eigenvalue weighted by atomic mass is 9.77. The van der Waals surface area contributed by atoms with Crippen LogP contribution in [-0.4, -0.2) is 13.1 Å². The summed E-state index contributed by atoms with van der Waals surface area (Å²) < 4.78 is 13.8. The van der Waals surface area contributed by atoms with Crippen molar-refractivity contribution in [3.63, 3.8) is 0 Å². The van der Waals surface area contributed by atoms with Crippen molar-refractivity contribution in [3.05, 3.63) is 34.6 Å². The molecule has 1 nitrogen and oxygen atoms in total. The lowest BCUT2D eigenvalue weighted by Crippen LogP contribution is -2.33. The van der Waals surface area contributed by atoms with Crippen LogP contribution < -0.4 is 5.32 Å². The molecule has 18 heavy (non-hydrogen) atoms. The number of hydrogen-bond donors (Lipinski definition) is 1. The topological polar surface area (TPSA) is 12.0 Å². The van der Waals surface area contributed by atoms with Crippen LogP contribution in [0.3, 0.4) is 0 Å². The van der Waals surface area contributed by atoms with E-state index in [0.29, 0.717) is 22.9 Å². The highest BCUT2D eigenvalue weighted by Crippen LogP contribution is 2.31. The van der Waals surface area contributed by atoms with Crippen molar-refractivity contribution in [2.75, 3.05) is 13.1 Å². The van der Waals surface area contributed by atoms with Gasteiger partial charge >= 0.3 is 0 Å². The Labute approximate surface area is 115 Å². The van der Waals surface area contributed by atoms with Gasteiger partial charge in [0, 0.05) is 10.6 Å². The molecule has 1 rings (SSSR count). The number of rotatable bonds is 5. The Morgan fingerprint density at radius 3 is 2.50 bits per heavy atom. The molecule has 0 fully saturated rings. The standard InChI is InChI=1S/C15H23ClFN/c1-5-18-10-11(15(2,3)4)9-12-13(16)7-6-8-14(12)17/h6-8,11,18H,5,9-10H2,1-4H3. The smallest absolute Gasteiger partial charge is 0.127 e. The van der Waals surface area contributed by atoms with Crippen molar-refractivity contribution >= 4 is 11.6 Å². The maximum Gasteiger partial charge on any atom is 0.127 e. The molecule has 0 aliphatic heterocycles. The van der Waals surface area contributed by atoms with Gasteiger partial charge in [-0.2, -0.15) is 0 Å². The molecule has 0 saturated heterocycles. The van der Waals surface area contributed by atoms with Crippen LogP contribution in [0.2, 0.25) is 5.02 Å². The van der Waals surface area contributed by atoms with Crippen LogP contribution in [0.1, 0.15) is 33.3 Å². The molecule has 0 spiro atoms. The van der Waals surface area contributed by atoms with E-state index < -0.39 is 0 Å². The van der Waals surface area contributed by atoms with Crippen LogP contribution >= 0.6 is 11.6 Å². The van der Waals surface area contributed by atoms with Crippen molar-refractivity contribution < 1.29 is 4.39 Å². The molecule has 0 aliphatic carbocycles. The van der Waals surface area contributed by atoms with Crippen molar-refractivity contribution in [1.82, 2.24) is 5.32 Å². The molecule has 0 aromatic heterocycles. The number of hydrogen-bond acceptors (Lipinski definition) is 1. The summed E-state index contributed by atoms with van der Waals surface area (Å²) in [6, 6.07) is 4.89. The lowest BCUT2D eigenvalue weighted by Gasteiger charge is -2.31. The van der Waals surface area contributed by atoms with Crippen molar-refractivity contribution in [2.24, 2.45) is 11.3 Å². The Hall–Kier alpha value is -0.600. The highest BCUT2D eigenvalue weighted by molar-refractivity contribution is 6.31. The summed E-state index contributed by atoms with van der Waals surface area (Å²) in [5.41, 5.74) is 0.755. The molecular formula is C15H23ClFN. The Bertz CT molecular complexity index is 364. The third-order valence-electron chi connectivity index (χ3n) is 3.38. The maximum atomic E-state index is 13.8. The van der Waals surface area contributed by atoms with Crippen LogP contribution in [0.25, 0.3) is 0 Å². The summed E-state index contributed by atoms with van der Waals surface area (Å²) in [5, 5.41) is 3.88. The second-order valence-electron chi connectivity index (χ2n) is 5.77. The first-order valence-electron chi connectivity index (χ1n) is 6.49. The maximum absolute atomic E-state index is 13.8. The molecule has 0 radical (unpaired) electrons. The molecule has 0 saturated carbocycles. The van der Waals surface area contributed by atoms with E-state index in [0.717, 1.165) is 13.1 Å². The zero-order chi connectivity index (χ0) is 13.8. The summed E-state index contributed by atoms with van der Waals surface area (Å²) >= 11 is 6.10. The van der Waals surface area contributed by atoms with Crippen LogP contribution in [0.5, 0.6) is 0 Å². The Morgan fingerprint density at radius 1 is 1.33 bits per heavy atom. The first-order valence-corrected chi connectivity index (χ1v) is 6.87. The SMILES string of the molecule is CCNCC(Cc1c(F)cccc1Cl)C(C)(C)C. The molecule has 0 bridgehead atoms. The summed E-state index contributed by atoms with van der Waals surface area (Å²) in [4.78, 5) is 0. The van der Waals surface area contributed by atoms with E-state index in [4.69, 9.17) is 11.6 Å². The van der Waals surface area contributed by atoms with Gasteiger partial charge in [0.25, 0.3) is 0 Å². The minimum Gasteiger partial charge on any atom is -0.317 e. The second kappa shape index (κ2) is 6.53. The third-order valence-corrected chi connectivity index (χ3v) is 3.73. The molecule has 1 aromatic rings. The largest absolute Gasteiger partial charge is 0.317 e. The van der Waals surface area contributed by atoms with Gasteiger partial charge in [-0.15, -0.1) is 0 Å². The van der Waals surface area contributed by atoms with Gasteiger partial charge in [-0.05, 0) is 43.0 Å². The van der Waals surface area contributed by atoms with Gasteiger partial charge in [-0.1, -0.05) is 45.4 Å². The van der Waals surface area contributed by atoms with E-state index >= 15 is 0 Å². The summed E-state index contributed by atoms with van der Waals surface area (Å²) in [6.07, 6.45) is 0.669. The highest BCUT2D eigenvalue weighted by atomic mass is 35.5. The number of nitrogens with one attached hydrogen (secondary N) is 1. The molecule has 102 valence electrons. The van der Waals surface area contributed by atoms with Gasteiger partial charge in [0.1, 0.15) is 5.82 Å². The Morgan fingerprint density at radius 2 is 2.00 bits per heavy atom. The van der Waals surface area contributed by atoms with E-state index in [1.807, 2.05) is 0 Å². The Kier molecular flexibility index (Phi) is 5.61. The summed E-state index contributed by atoms with van der Waals surface area (Å²) in [5.74, 6) is 0.153. The monoisotopic (exact) mass is 271 g/mol. The van der Waals surface area contributed by atoms with Gasteiger partial charge in [0.05, 0.1) is 0 Å². The van der Waals surface area contributed by atoms with E-state index in [9.17, 15) is 4.39 Å². The first kappa shape index (κ1) is 15.5. The van der Waals surface area contributed by atoms with Crippen molar-refractivity contribution in [2.45, 2.75) is 34.1 Å². The highest BCUT2D eigenvalue weighted by Gasteiger charge is 2.26. The summed E-state index contributed by atoms with van der Waals surface area (Å²) in [6.45, 7) is 10.4. The third kappa shape index (κ3) is 4.25. The molecule has 0 amide bonds. The fourth-order valence-electron chi connectivity index (χ4n) is 1.98. The average molecular weight is 272 g/mol. The number of benzene rings is 1. The van der Waals surface area contributed by atoms with E-state index in [-0.39, 0.29) is 11.2 Å². The molecule has 0 heterocycles. The van der Waals surface area contributed by atoms with Gasteiger partial charge in [0.15, 0.2) is 0 Å². The van der Waals surface area contributed by atoms with Gasteiger partial charge in [0.2, 0.25) is 0 Å². The number of halogens is 2. The molecule has 1 aromatic carbocycles. The van der Waals surface area contributed by atoms with Crippen LogP contribution in [0.4, 0.5) is 4.39 Å². The lowest BCUT2D eigenvalue weighted by molar-refractivity contribution is 0.230. The van der Waals surface area contributed by atoms with Crippen molar-refractivity contribution in [1.29, 1.82) is 0 Å². The fourth-order valence-corrected chi connectivity index (χ4v) is 2.22. The zero-order valence-corrected chi connectivity index (χ0v) is 12.4. The first-order chi connectivity index (χ1) is 8.36. The molecule has 0 aliphatic rings. The zero-order valence-electron chi connectivity index (χ0n) is 11.7. The normalized spacial score (nSPS) is 13.7. The minimum atomic E-state index is -0.201. The van der Waals surface area contributed by atoms with E-state index in [1.165, 1.54) is 6.07 Å². The second-order valence-corrected chi connectivity index (χ2v) is 6.18. The van der Waals surface area contributed by atoms with Crippen molar-refractivity contribution in [3.8, 4) is 0 Å². The van der Waals surface area contributed by atoms with E-state index in [2.05, 4.69) is 33.0 Å². The minimum absolute atomic E-state index is 0.119. The van der Waals surface area contributed by atoms with Crippen LogP contribution in [0.15, 0.2) is 18.2 Å². The fraction of sp³-hybridized carbons (Fsp3) is 0.600. The Balaban J connectivity index is 2.89. The predicted octanol–water partition coefficient (Wildman–Crippen LogP) is 4.29. The van der Waals surface area contributed by atoms with Gasteiger partial charge in [-0.25, -0.2) is 4.39 Å². The van der Waals surface area contributed by atoms with E-state index in [1.54, 1.807) is 12.1 Å². The average Bonchev–Trinajstić information content (AvgIpc) is 2.26. The van der Waals surface area contributed by atoms with Crippen LogP contribution in [0, 0.1) is 17.2 Å². The summed E-state index contributed by atoms with van der Waals surface area (Å²) in [7, 11) is 0. The molecular weight excluding hydrogens is 249 g/mol. The molecule has 3 heteroatoms. The molecule has 1 atom stereocenters. The van der Waals surface area contributed by atoms with Gasteiger partial charge in [-0.3, -0.25) is 0 Å².